The molecule has 1 unspecified atom stereocenters. The number of piperidine rings is 1. The summed E-state index contributed by atoms with van der Waals surface area (Å²) in [5.41, 5.74) is 1.13. The molecule has 0 aromatic carbocycles. The van der Waals surface area contributed by atoms with E-state index in [-0.39, 0.29) is 5.91 Å². The van der Waals surface area contributed by atoms with Gasteiger partial charge in [0.25, 0.3) is 0 Å². The van der Waals surface area contributed by atoms with Crippen molar-refractivity contribution in [1.29, 1.82) is 0 Å². The van der Waals surface area contributed by atoms with E-state index >= 15 is 0 Å². The van der Waals surface area contributed by atoms with E-state index in [1.54, 1.807) is 6.20 Å². The van der Waals surface area contributed by atoms with E-state index < -0.39 is 0 Å². The van der Waals surface area contributed by atoms with Crippen molar-refractivity contribution in [3.05, 3.63) is 30.1 Å². The van der Waals surface area contributed by atoms with Gasteiger partial charge in [-0.15, -0.1) is 0 Å². The fourth-order valence-electron chi connectivity index (χ4n) is 2.39. The van der Waals surface area contributed by atoms with Crippen LogP contribution in [0.2, 0.25) is 0 Å². The van der Waals surface area contributed by atoms with Crippen molar-refractivity contribution < 1.29 is 4.79 Å². The highest BCUT2D eigenvalue weighted by molar-refractivity contribution is 5.76. The first-order valence-electron chi connectivity index (χ1n) is 6.63. The Hall–Kier alpha value is -1.42. The van der Waals surface area contributed by atoms with Crippen LogP contribution in [0.4, 0.5) is 0 Å². The molecule has 1 N–H and O–H groups in total. The molecule has 1 saturated heterocycles. The van der Waals surface area contributed by atoms with Crippen molar-refractivity contribution in [2.24, 2.45) is 0 Å². The van der Waals surface area contributed by atoms with Crippen LogP contribution < -0.4 is 5.32 Å². The second kappa shape index (κ2) is 6.50. The van der Waals surface area contributed by atoms with Crippen LogP contribution >= 0.6 is 0 Å². The molecule has 2 heterocycles. The minimum Gasteiger partial charge on any atom is -0.341 e. The number of nitrogens with one attached hydrogen (secondary N) is 1. The van der Waals surface area contributed by atoms with Gasteiger partial charge in [-0.2, -0.15) is 0 Å². The fraction of sp³-hybridized carbons (Fsp3) is 0.571. The van der Waals surface area contributed by atoms with E-state index in [1.165, 1.54) is 6.42 Å². The van der Waals surface area contributed by atoms with Crippen LogP contribution in [0.3, 0.4) is 0 Å². The number of aromatic nitrogens is 1. The van der Waals surface area contributed by atoms with Crippen LogP contribution in [-0.2, 0) is 11.2 Å². The van der Waals surface area contributed by atoms with Gasteiger partial charge in [0.2, 0.25) is 5.91 Å². The first-order valence-corrected chi connectivity index (χ1v) is 6.63. The second-order valence-corrected chi connectivity index (χ2v) is 4.83. The van der Waals surface area contributed by atoms with Crippen LogP contribution in [0.5, 0.6) is 0 Å². The number of nitrogens with zero attached hydrogens (tertiary/aromatic N) is 2. The fourth-order valence-corrected chi connectivity index (χ4v) is 2.39. The number of carbonyl (C=O) groups excluding carboxylic acids is 1. The predicted octanol–water partition coefficient (Wildman–Crippen LogP) is 1.22. The summed E-state index contributed by atoms with van der Waals surface area (Å²) < 4.78 is 0. The average molecular weight is 247 g/mol. The van der Waals surface area contributed by atoms with E-state index in [2.05, 4.69) is 10.3 Å². The molecule has 4 nitrogen and oxygen atoms in total. The van der Waals surface area contributed by atoms with E-state index in [0.717, 1.165) is 31.5 Å². The Kier molecular flexibility index (Phi) is 4.70. The topological polar surface area (TPSA) is 45.2 Å². The molecule has 0 saturated carbocycles. The average Bonchev–Trinajstić information content (AvgIpc) is 2.46. The number of pyridine rings is 1. The third-order valence-corrected chi connectivity index (χ3v) is 3.53. The standard InChI is InChI=1S/C14H21N3O/c1-15-13-5-3-9-17(11-13)14(18)7-6-12-4-2-8-16-10-12/h2,4,8,10,13,15H,3,5-7,9,11H2,1H3. The summed E-state index contributed by atoms with van der Waals surface area (Å²) in [6, 6.07) is 4.39. The lowest BCUT2D eigenvalue weighted by molar-refractivity contribution is -0.132. The molecule has 0 bridgehead atoms. The number of hydrogen-bond donors (Lipinski definition) is 1. The Morgan fingerprint density at radius 2 is 2.50 bits per heavy atom. The number of aryl methyl sites for hydroxylation is 1. The second-order valence-electron chi connectivity index (χ2n) is 4.83. The Labute approximate surface area is 108 Å². The number of carbonyl (C=O) groups is 1. The molecule has 1 aromatic rings. The lowest BCUT2D eigenvalue weighted by Crippen LogP contribution is -2.47. The molecule has 1 fully saturated rings. The van der Waals surface area contributed by atoms with Crippen molar-refractivity contribution in [3.8, 4) is 0 Å². The predicted molar refractivity (Wildman–Crippen MR) is 71.2 cm³/mol. The highest BCUT2D eigenvalue weighted by atomic mass is 16.2. The molecule has 1 amide bonds. The first-order chi connectivity index (χ1) is 8.79. The Morgan fingerprint density at radius 3 is 3.22 bits per heavy atom. The monoisotopic (exact) mass is 247 g/mol. The molecule has 1 aliphatic rings. The van der Waals surface area contributed by atoms with Gasteiger partial charge in [-0.05, 0) is 37.9 Å². The molecule has 1 aliphatic heterocycles. The smallest absolute Gasteiger partial charge is 0.222 e. The maximum Gasteiger partial charge on any atom is 0.222 e. The van der Waals surface area contributed by atoms with Gasteiger partial charge in [0, 0.05) is 37.9 Å². The van der Waals surface area contributed by atoms with Crippen LogP contribution in [0, 0.1) is 0 Å². The Bertz CT molecular complexity index is 380. The third kappa shape index (κ3) is 3.53. The molecular weight excluding hydrogens is 226 g/mol. The highest BCUT2D eigenvalue weighted by Crippen LogP contribution is 2.12. The molecule has 98 valence electrons. The van der Waals surface area contributed by atoms with E-state index in [4.69, 9.17) is 0 Å². The van der Waals surface area contributed by atoms with Gasteiger partial charge in [0.1, 0.15) is 0 Å². The van der Waals surface area contributed by atoms with Gasteiger partial charge >= 0.3 is 0 Å². The van der Waals surface area contributed by atoms with Crippen LogP contribution in [-0.4, -0.2) is 42.0 Å². The number of amides is 1. The van der Waals surface area contributed by atoms with Crippen molar-refractivity contribution >= 4 is 5.91 Å². The quantitative estimate of drug-likeness (QED) is 0.870. The van der Waals surface area contributed by atoms with Crippen molar-refractivity contribution in [2.45, 2.75) is 31.7 Å². The highest BCUT2D eigenvalue weighted by Gasteiger charge is 2.21. The summed E-state index contributed by atoms with van der Waals surface area (Å²) in [5, 5.41) is 3.26. The molecule has 2 rings (SSSR count). The lowest BCUT2D eigenvalue weighted by Gasteiger charge is -2.32. The normalized spacial score (nSPS) is 19.8. The van der Waals surface area contributed by atoms with Gasteiger partial charge in [-0.25, -0.2) is 0 Å². The van der Waals surface area contributed by atoms with E-state index in [9.17, 15) is 4.79 Å². The number of likely N-dealkylation sites (tertiary alicyclic amines) is 1. The van der Waals surface area contributed by atoms with Crippen molar-refractivity contribution in [1.82, 2.24) is 15.2 Å². The van der Waals surface area contributed by atoms with E-state index in [1.807, 2.05) is 30.3 Å². The Balaban J connectivity index is 1.81. The van der Waals surface area contributed by atoms with Gasteiger partial charge in [0.15, 0.2) is 0 Å². The molecule has 0 aliphatic carbocycles. The van der Waals surface area contributed by atoms with Crippen LogP contribution in [0.1, 0.15) is 24.8 Å². The molecule has 4 heteroatoms. The summed E-state index contributed by atoms with van der Waals surface area (Å²) >= 11 is 0. The zero-order valence-electron chi connectivity index (χ0n) is 10.9. The molecule has 0 radical (unpaired) electrons. The SMILES string of the molecule is CNC1CCCN(C(=O)CCc2cccnc2)C1. The minimum atomic E-state index is 0.263. The van der Waals surface area contributed by atoms with Crippen molar-refractivity contribution in [2.75, 3.05) is 20.1 Å². The zero-order valence-corrected chi connectivity index (χ0v) is 10.9. The number of rotatable bonds is 4. The van der Waals surface area contributed by atoms with Crippen LogP contribution in [0.25, 0.3) is 0 Å². The molecular formula is C14H21N3O. The van der Waals surface area contributed by atoms with Gasteiger partial charge < -0.3 is 10.2 Å². The summed E-state index contributed by atoms with van der Waals surface area (Å²) in [5.74, 6) is 0.263. The maximum absolute atomic E-state index is 12.1. The summed E-state index contributed by atoms with van der Waals surface area (Å²) in [6.45, 7) is 1.76. The summed E-state index contributed by atoms with van der Waals surface area (Å²) in [6.07, 6.45) is 7.23. The lowest BCUT2D eigenvalue weighted by atomic mass is 10.0. The molecule has 1 aromatic heterocycles. The largest absolute Gasteiger partial charge is 0.341 e. The molecule has 1 atom stereocenters. The third-order valence-electron chi connectivity index (χ3n) is 3.53. The van der Waals surface area contributed by atoms with Crippen molar-refractivity contribution in [3.63, 3.8) is 0 Å². The van der Waals surface area contributed by atoms with Crippen LogP contribution in [0.15, 0.2) is 24.5 Å². The number of hydrogen-bond acceptors (Lipinski definition) is 3. The zero-order chi connectivity index (χ0) is 12.8. The van der Waals surface area contributed by atoms with E-state index in [0.29, 0.717) is 12.5 Å². The summed E-state index contributed by atoms with van der Waals surface area (Å²) in [4.78, 5) is 18.2. The van der Waals surface area contributed by atoms with Gasteiger partial charge in [0.05, 0.1) is 0 Å². The molecule has 0 spiro atoms. The Morgan fingerprint density at radius 1 is 1.61 bits per heavy atom. The summed E-state index contributed by atoms with van der Waals surface area (Å²) in [7, 11) is 1.97. The maximum atomic E-state index is 12.1. The minimum absolute atomic E-state index is 0.263. The number of likely N-dealkylation sites (N-methyl/N-ethyl adjacent to an activating group) is 1. The van der Waals surface area contributed by atoms with Gasteiger partial charge in [-0.1, -0.05) is 6.07 Å². The first kappa shape index (κ1) is 13.0. The molecule has 18 heavy (non-hydrogen) atoms. The van der Waals surface area contributed by atoms with Gasteiger partial charge in [-0.3, -0.25) is 9.78 Å².